The van der Waals surface area contributed by atoms with E-state index in [2.05, 4.69) is 45.2 Å². The number of ketones is 1. The normalized spacial score (nSPS) is 27.5. The standard InChI is InChI=1S/C48H55N5O8S/c1-6-7-8-9-10-15-35(55)61-43-26(3)44-45(60-24-59-44)37-33-21-58-22-34(54)48(47-29(16-17-50-48)28-13-11-12-14-30(28)51-47)23-62-46(38(37)43)40-39-36-27(18-25(2)42(57-5)41(36)56)19-31(52(39)4)32(20-49)53(33)40/h11-14,18,31-33,39-40,46,50-51,56H,6-10,15-17,19,21-24H2,1-5H3/t31-,32-,33-,39+,40?,46+,48-/m0/s1. The Hall–Kier alpha value is -4.78. The van der Waals surface area contributed by atoms with E-state index in [0.29, 0.717) is 53.7 Å². The van der Waals surface area contributed by atoms with Gasteiger partial charge in [-0.25, -0.2) is 0 Å². The number of Topliss-reactive ketones (excluding diaryl/α,β-unsaturated/α-hetero) is 1. The van der Waals surface area contributed by atoms with E-state index in [1.54, 1.807) is 18.9 Å². The number of nitriles is 1. The number of phenolic OH excluding ortho intramolecular Hbond substituents is 1. The molecule has 11 rings (SSSR count). The summed E-state index contributed by atoms with van der Waals surface area (Å²) < 4.78 is 31.7. The minimum Gasteiger partial charge on any atom is -0.504 e. The molecule has 14 heteroatoms. The van der Waals surface area contributed by atoms with Crippen molar-refractivity contribution in [3.8, 4) is 34.8 Å². The first-order valence-corrected chi connectivity index (χ1v) is 23.2. The number of aromatic nitrogens is 1. The number of benzene rings is 3. The Morgan fingerprint density at radius 3 is 2.71 bits per heavy atom. The van der Waals surface area contributed by atoms with E-state index in [9.17, 15) is 15.2 Å². The van der Waals surface area contributed by atoms with Crippen LogP contribution in [0.4, 0.5) is 0 Å². The molecule has 7 atom stereocenters. The summed E-state index contributed by atoms with van der Waals surface area (Å²) in [6.45, 7) is 6.46. The molecule has 0 amide bonds. The van der Waals surface area contributed by atoms with Crippen LogP contribution in [0.1, 0.15) is 107 Å². The molecule has 1 unspecified atom stereocenters. The van der Waals surface area contributed by atoms with Gasteiger partial charge in [-0.1, -0.05) is 56.9 Å². The zero-order chi connectivity index (χ0) is 43.0. The smallest absolute Gasteiger partial charge is 0.311 e. The van der Waals surface area contributed by atoms with E-state index in [-0.39, 0.29) is 50.0 Å². The molecule has 1 aromatic heterocycles. The number of aromatic amines is 1. The maximum Gasteiger partial charge on any atom is 0.311 e. The van der Waals surface area contributed by atoms with Crippen molar-refractivity contribution in [1.82, 2.24) is 20.1 Å². The van der Waals surface area contributed by atoms with Gasteiger partial charge in [0.05, 0.1) is 37.1 Å². The number of nitrogens with zero attached hydrogens (tertiary/aromatic N) is 3. The second-order valence-electron chi connectivity index (χ2n) is 17.8. The number of phenols is 1. The number of methoxy groups -OCH3 is 1. The summed E-state index contributed by atoms with van der Waals surface area (Å²) in [5.74, 6) is 1.85. The third-order valence-electron chi connectivity index (χ3n) is 14.5. The average Bonchev–Trinajstić information content (AvgIpc) is 3.90. The summed E-state index contributed by atoms with van der Waals surface area (Å²) in [5, 5.41) is 27.9. The Morgan fingerprint density at radius 2 is 1.90 bits per heavy atom. The second-order valence-corrected chi connectivity index (χ2v) is 18.9. The number of nitrogens with one attached hydrogen (secondary N) is 2. The van der Waals surface area contributed by atoms with Gasteiger partial charge in [0.15, 0.2) is 28.8 Å². The highest BCUT2D eigenvalue weighted by Crippen LogP contribution is 2.64. The van der Waals surface area contributed by atoms with Gasteiger partial charge in [-0.3, -0.25) is 24.7 Å². The molecule has 326 valence electrons. The number of carbonyl (C=O) groups excluding carboxylic acids is 2. The third-order valence-corrected chi connectivity index (χ3v) is 16.0. The largest absolute Gasteiger partial charge is 0.504 e. The van der Waals surface area contributed by atoms with E-state index in [1.807, 2.05) is 39.1 Å². The molecular weight excluding hydrogens is 807 g/mol. The number of H-pyrrole nitrogens is 1. The lowest BCUT2D eigenvalue weighted by Crippen LogP contribution is -2.69. The first-order chi connectivity index (χ1) is 30.1. The number of hydrogen-bond donors (Lipinski definition) is 3. The Kier molecular flexibility index (Phi) is 10.7. The molecule has 13 nitrogen and oxygen atoms in total. The van der Waals surface area contributed by atoms with Crippen molar-refractivity contribution in [2.24, 2.45) is 0 Å². The molecule has 8 heterocycles. The summed E-state index contributed by atoms with van der Waals surface area (Å²) in [4.78, 5) is 37.3. The molecule has 3 aromatic carbocycles. The first-order valence-electron chi connectivity index (χ1n) is 22.2. The van der Waals surface area contributed by atoms with Crippen LogP contribution in [0, 0.1) is 25.2 Å². The molecule has 0 saturated carbocycles. The van der Waals surface area contributed by atoms with E-state index in [0.717, 1.165) is 82.1 Å². The summed E-state index contributed by atoms with van der Waals surface area (Å²) >= 11 is 1.62. The molecule has 62 heavy (non-hydrogen) atoms. The third kappa shape index (κ3) is 6.17. The van der Waals surface area contributed by atoms with E-state index >= 15 is 4.79 Å². The number of ether oxygens (including phenoxy) is 5. The van der Waals surface area contributed by atoms with Crippen LogP contribution in [0.15, 0.2) is 30.3 Å². The lowest BCUT2D eigenvalue weighted by Gasteiger charge is -2.61. The van der Waals surface area contributed by atoms with Gasteiger partial charge in [0, 0.05) is 69.7 Å². The quantitative estimate of drug-likeness (QED) is 0.0934. The number of para-hydroxylation sites is 1. The van der Waals surface area contributed by atoms with Gasteiger partial charge in [0.25, 0.3) is 0 Å². The van der Waals surface area contributed by atoms with Crippen LogP contribution in [-0.2, 0) is 32.7 Å². The fourth-order valence-corrected chi connectivity index (χ4v) is 13.4. The molecule has 7 aliphatic rings. The predicted molar refractivity (Wildman–Crippen MR) is 234 cm³/mol. The number of hydrogen-bond acceptors (Lipinski definition) is 13. The van der Waals surface area contributed by atoms with Gasteiger partial charge in [-0.05, 0) is 62.9 Å². The van der Waals surface area contributed by atoms with E-state index in [1.165, 1.54) is 0 Å². The van der Waals surface area contributed by atoms with Gasteiger partial charge in [-0.15, -0.1) is 11.8 Å². The van der Waals surface area contributed by atoms with Crippen LogP contribution in [-0.4, -0.2) is 96.2 Å². The molecule has 3 N–H and O–H groups in total. The van der Waals surface area contributed by atoms with Crippen LogP contribution in [0.3, 0.4) is 0 Å². The predicted octanol–water partition coefficient (Wildman–Crippen LogP) is 7.14. The zero-order valence-electron chi connectivity index (χ0n) is 36.1. The highest BCUT2D eigenvalue weighted by Gasteiger charge is 2.61. The minimum absolute atomic E-state index is 0.0169. The van der Waals surface area contributed by atoms with Crippen LogP contribution in [0.2, 0.25) is 0 Å². The van der Waals surface area contributed by atoms with Gasteiger partial charge in [0.2, 0.25) is 6.79 Å². The molecule has 0 aliphatic carbocycles. The van der Waals surface area contributed by atoms with Gasteiger partial charge in [-0.2, -0.15) is 5.26 Å². The average molecular weight is 862 g/mol. The molecule has 4 bridgehead atoms. The first kappa shape index (κ1) is 41.2. The molecular formula is C48H55N5O8S. The number of piperazine rings is 1. The maximum absolute atomic E-state index is 15.0. The highest BCUT2D eigenvalue weighted by atomic mass is 32.2. The Balaban J connectivity index is 1.21. The molecule has 2 fully saturated rings. The van der Waals surface area contributed by atoms with Crippen molar-refractivity contribution in [1.29, 1.82) is 5.26 Å². The number of unbranched alkanes of at least 4 members (excludes halogenated alkanes) is 4. The van der Waals surface area contributed by atoms with Crippen molar-refractivity contribution in [2.75, 3.05) is 46.5 Å². The fraction of sp³-hybridized carbons (Fsp3) is 0.521. The lowest BCUT2D eigenvalue weighted by atomic mass is 9.71. The lowest BCUT2D eigenvalue weighted by molar-refractivity contribution is -0.135. The summed E-state index contributed by atoms with van der Waals surface area (Å²) in [7, 11) is 3.62. The molecule has 0 radical (unpaired) electrons. The molecule has 1 spiro atoms. The van der Waals surface area contributed by atoms with Gasteiger partial charge in [0.1, 0.15) is 23.9 Å². The van der Waals surface area contributed by atoms with Gasteiger partial charge < -0.3 is 33.8 Å². The molecule has 2 saturated heterocycles. The number of esters is 1. The number of likely N-dealkylation sites (N-methyl/N-ethyl adjacent to an activating group) is 1. The van der Waals surface area contributed by atoms with Crippen LogP contribution in [0.5, 0.6) is 28.7 Å². The number of carbonyl (C=O) groups is 2. The second kappa shape index (κ2) is 16.1. The minimum atomic E-state index is -1.16. The monoisotopic (exact) mass is 861 g/mol. The molecule has 7 aliphatic heterocycles. The Morgan fingerprint density at radius 1 is 1.10 bits per heavy atom. The molecule has 4 aromatic rings. The van der Waals surface area contributed by atoms with Gasteiger partial charge >= 0.3 is 5.97 Å². The van der Waals surface area contributed by atoms with Crippen molar-refractivity contribution < 1.29 is 38.4 Å². The Labute approximate surface area is 366 Å². The number of fused-ring (bicyclic) bond motifs is 12. The number of rotatable bonds is 8. The van der Waals surface area contributed by atoms with Crippen molar-refractivity contribution in [2.45, 2.75) is 113 Å². The van der Waals surface area contributed by atoms with Crippen LogP contribution >= 0.6 is 11.8 Å². The van der Waals surface area contributed by atoms with Crippen molar-refractivity contribution in [3.05, 3.63) is 75.0 Å². The Bertz CT molecular complexity index is 2520. The summed E-state index contributed by atoms with van der Waals surface area (Å²) in [6.07, 6.45) is 6.48. The summed E-state index contributed by atoms with van der Waals surface area (Å²) in [5.41, 5.74) is 6.49. The number of aryl methyl sites for hydroxylation is 1. The highest BCUT2D eigenvalue weighted by molar-refractivity contribution is 7.99. The summed E-state index contributed by atoms with van der Waals surface area (Å²) in [6, 6.07) is 10.6. The van der Waals surface area contributed by atoms with E-state index < -0.39 is 35.0 Å². The zero-order valence-corrected chi connectivity index (χ0v) is 36.9. The number of aromatic hydroxyl groups is 1. The van der Waals surface area contributed by atoms with E-state index in [4.69, 9.17) is 23.7 Å². The van der Waals surface area contributed by atoms with Crippen LogP contribution in [0.25, 0.3) is 10.9 Å². The SMILES string of the molecule is CCCCCCCC(=O)Oc1c(C)c2c(c3c1[C@H]1SC[C@]4(NCCc5c4[nH]c4ccccc54)C(=O)COC[C@@H]3N3C1[C@H]1c4c(cc(C)c(OC)c4O)C[C@@H]([C@@H]3C#N)N1C)OCO2. The fourth-order valence-electron chi connectivity index (χ4n) is 11.7. The maximum atomic E-state index is 15.0. The van der Waals surface area contributed by atoms with Crippen LogP contribution < -0.4 is 24.3 Å². The number of thioether (sulfide) groups is 1. The topological polar surface area (TPSA) is 159 Å². The van der Waals surface area contributed by atoms with Crippen molar-refractivity contribution >= 4 is 34.4 Å². The van der Waals surface area contributed by atoms with Crippen molar-refractivity contribution in [3.63, 3.8) is 0 Å².